The Morgan fingerprint density at radius 1 is 1.50 bits per heavy atom. The summed E-state index contributed by atoms with van der Waals surface area (Å²) in [5, 5.41) is 0. The molecule has 5 heteroatoms. The number of nitrogens with zero attached hydrogens (tertiary/aromatic N) is 1. The van der Waals surface area contributed by atoms with E-state index in [0.29, 0.717) is 19.0 Å². The minimum atomic E-state index is -0.524. The maximum absolute atomic E-state index is 13.5. The third-order valence-electron chi connectivity index (χ3n) is 2.64. The fourth-order valence-corrected chi connectivity index (χ4v) is 1.82. The summed E-state index contributed by atoms with van der Waals surface area (Å²) in [5.74, 6) is 4.90. The minimum absolute atomic E-state index is 0.0460. The molecule has 0 aliphatic carbocycles. The van der Waals surface area contributed by atoms with Crippen molar-refractivity contribution in [3.05, 3.63) is 29.6 Å². The van der Waals surface area contributed by atoms with E-state index in [-0.39, 0.29) is 17.2 Å². The molecular formula is C13H20FN3O. The van der Waals surface area contributed by atoms with E-state index in [2.05, 4.69) is 5.43 Å². The standard InChI is InChI=1S/C13H20FN3O/c1-4-17(8-9(2)3)13(18)10-6-5-7-11(14)12(10)16-15/h5-7,9,16H,4,8,15H2,1-3H3. The van der Waals surface area contributed by atoms with E-state index in [1.807, 2.05) is 20.8 Å². The first kappa shape index (κ1) is 14.4. The highest BCUT2D eigenvalue weighted by Gasteiger charge is 2.20. The maximum atomic E-state index is 13.5. The number of hydrazine groups is 1. The van der Waals surface area contributed by atoms with Gasteiger partial charge in [0, 0.05) is 13.1 Å². The molecule has 100 valence electrons. The molecule has 1 rings (SSSR count). The topological polar surface area (TPSA) is 58.4 Å². The van der Waals surface area contributed by atoms with Gasteiger partial charge in [0.25, 0.3) is 5.91 Å². The number of halogens is 1. The van der Waals surface area contributed by atoms with Gasteiger partial charge in [0.05, 0.1) is 11.3 Å². The Kier molecular flexibility index (Phi) is 5.09. The third kappa shape index (κ3) is 3.20. The van der Waals surface area contributed by atoms with Crippen molar-refractivity contribution in [2.45, 2.75) is 20.8 Å². The van der Waals surface area contributed by atoms with Gasteiger partial charge in [-0.25, -0.2) is 4.39 Å². The summed E-state index contributed by atoms with van der Waals surface area (Å²) in [6.07, 6.45) is 0. The van der Waals surface area contributed by atoms with Crippen LogP contribution in [0.5, 0.6) is 0 Å². The van der Waals surface area contributed by atoms with Crippen molar-refractivity contribution in [2.24, 2.45) is 11.8 Å². The molecule has 0 fully saturated rings. The summed E-state index contributed by atoms with van der Waals surface area (Å²) in [6, 6.07) is 4.35. The van der Waals surface area contributed by atoms with Crippen molar-refractivity contribution in [3.63, 3.8) is 0 Å². The average molecular weight is 253 g/mol. The number of carbonyl (C=O) groups excluding carboxylic acids is 1. The maximum Gasteiger partial charge on any atom is 0.256 e. The van der Waals surface area contributed by atoms with Crippen molar-refractivity contribution in [3.8, 4) is 0 Å². The van der Waals surface area contributed by atoms with E-state index in [4.69, 9.17) is 5.84 Å². The second-order valence-electron chi connectivity index (χ2n) is 4.54. The minimum Gasteiger partial charge on any atom is -0.339 e. The van der Waals surface area contributed by atoms with Gasteiger partial charge in [-0.2, -0.15) is 0 Å². The van der Waals surface area contributed by atoms with E-state index in [0.717, 1.165) is 0 Å². The van der Waals surface area contributed by atoms with Crippen molar-refractivity contribution in [1.29, 1.82) is 0 Å². The van der Waals surface area contributed by atoms with Crippen LogP contribution in [-0.4, -0.2) is 23.9 Å². The molecule has 0 saturated heterocycles. The number of nitrogen functional groups attached to an aromatic ring is 1. The van der Waals surface area contributed by atoms with Gasteiger partial charge in [-0.15, -0.1) is 0 Å². The Bertz CT molecular complexity index is 421. The molecule has 0 atom stereocenters. The molecule has 0 heterocycles. The second-order valence-corrected chi connectivity index (χ2v) is 4.54. The number of para-hydroxylation sites is 1. The molecular weight excluding hydrogens is 233 g/mol. The number of rotatable bonds is 5. The molecule has 0 spiro atoms. The summed E-state index contributed by atoms with van der Waals surface area (Å²) in [5.41, 5.74) is 2.56. The van der Waals surface area contributed by atoms with E-state index < -0.39 is 5.82 Å². The molecule has 1 amide bonds. The monoisotopic (exact) mass is 253 g/mol. The summed E-state index contributed by atoms with van der Waals surface area (Å²) >= 11 is 0. The molecule has 1 aromatic carbocycles. The fourth-order valence-electron chi connectivity index (χ4n) is 1.82. The van der Waals surface area contributed by atoms with Gasteiger partial charge >= 0.3 is 0 Å². The number of benzene rings is 1. The van der Waals surface area contributed by atoms with Crippen LogP contribution in [0.25, 0.3) is 0 Å². The van der Waals surface area contributed by atoms with Gasteiger partial charge in [-0.3, -0.25) is 10.6 Å². The van der Waals surface area contributed by atoms with Crippen LogP contribution in [-0.2, 0) is 0 Å². The SMILES string of the molecule is CCN(CC(C)C)C(=O)c1cccc(F)c1NN. The Morgan fingerprint density at radius 2 is 2.17 bits per heavy atom. The quantitative estimate of drug-likeness (QED) is 0.625. The fraction of sp³-hybridized carbons (Fsp3) is 0.462. The van der Waals surface area contributed by atoms with Gasteiger partial charge in [-0.1, -0.05) is 19.9 Å². The third-order valence-corrected chi connectivity index (χ3v) is 2.64. The smallest absolute Gasteiger partial charge is 0.256 e. The molecule has 0 aliphatic rings. The van der Waals surface area contributed by atoms with Gasteiger partial charge < -0.3 is 10.3 Å². The van der Waals surface area contributed by atoms with Gasteiger partial charge in [0.15, 0.2) is 0 Å². The Hall–Kier alpha value is -1.62. The zero-order valence-corrected chi connectivity index (χ0v) is 11.0. The summed E-state index contributed by atoms with van der Waals surface area (Å²) in [4.78, 5) is 14.0. The van der Waals surface area contributed by atoms with Crippen LogP contribution in [0, 0.1) is 11.7 Å². The normalized spacial score (nSPS) is 10.6. The summed E-state index contributed by atoms with van der Waals surface area (Å²) in [6.45, 7) is 7.18. The zero-order chi connectivity index (χ0) is 13.7. The lowest BCUT2D eigenvalue weighted by Crippen LogP contribution is -2.34. The second kappa shape index (κ2) is 6.35. The van der Waals surface area contributed by atoms with Crippen LogP contribution >= 0.6 is 0 Å². The van der Waals surface area contributed by atoms with Crippen molar-refractivity contribution >= 4 is 11.6 Å². The molecule has 0 unspecified atom stereocenters. The largest absolute Gasteiger partial charge is 0.339 e. The molecule has 0 aliphatic heterocycles. The molecule has 0 saturated carbocycles. The zero-order valence-electron chi connectivity index (χ0n) is 11.0. The van der Waals surface area contributed by atoms with Gasteiger partial charge in [0.1, 0.15) is 5.82 Å². The van der Waals surface area contributed by atoms with E-state index in [1.54, 1.807) is 11.0 Å². The molecule has 0 aromatic heterocycles. The van der Waals surface area contributed by atoms with E-state index >= 15 is 0 Å². The van der Waals surface area contributed by atoms with E-state index in [1.165, 1.54) is 12.1 Å². The first-order valence-electron chi connectivity index (χ1n) is 6.05. The number of hydrogen-bond acceptors (Lipinski definition) is 3. The highest BCUT2D eigenvalue weighted by molar-refractivity contribution is 5.99. The van der Waals surface area contributed by atoms with E-state index in [9.17, 15) is 9.18 Å². The lowest BCUT2D eigenvalue weighted by atomic mass is 10.1. The Balaban J connectivity index is 3.05. The first-order valence-corrected chi connectivity index (χ1v) is 6.05. The molecule has 4 nitrogen and oxygen atoms in total. The number of anilines is 1. The lowest BCUT2D eigenvalue weighted by Gasteiger charge is -2.24. The van der Waals surface area contributed by atoms with Gasteiger partial charge in [-0.05, 0) is 25.0 Å². The molecule has 0 bridgehead atoms. The molecule has 3 N–H and O–H groups in total. The number of nitrogens with one attached hydrogen (secondary N) is 1. The molecule has 18 heavy (non-hydrogen) atoms. The van der Waals surface area contributed by atoms with Crippen LogP contribution in [0.15, 0.2) is 18.2 Å². The van der Waals surface area contributed by atoms with Crippen molar-refractivity contribution in [1.82, 2.24) is 4.90 Å². The molecule has 0 radical (unpaired) electrons. The lowest BCUT2D eigenvalue weighted by molar-refractivity contribution is 0.0746. The number of nitrogens with two attached hydrogens (primary N) is 1. The summed E-state index contributed by atoms with van der Waals surface area (Å²) in [7, 11) is 0. The number of carbonyl (C=O) groups is 1. The van der Waals surface area contributed by atoms with Crippen molar-refractivity contribution in [2.75, 3.05) is 18.5 Å². The van der Waals surface area contributed by atoms with Crippen LogP contribution in [0.4, 0.5) is 10.1 Å². The number of hydrogen-bond donors (Lipinski definition) is 2. The van der Waals surface area contributed by atoms with Crippen LogP contribution in [0.3, 0.4) is 0 Å². The average Bonchev–Trinajstić information content (AvgIpc) is 2.34. The first-order chi connectivity index (χ1) is 8.51. The Morgan fingerprint density at radius 3 is 2.67 bits per heavy atom. The Labute approximate surface area is 107 Å². The number of amides is 1. The predicted molar refractivity (Wildman–Crippen MR) is 70.6 cm³/mol. The van der Waals surface area contributed by atoms with Crippen LogP contribution < -0.4 is 11.3 Å². The van der Waals surface area contributed by atoms with Crippen molar-refractivity contribution < 1.29 is 9.18 Å². The van der Waals surface area contributed by atoms with Gasteiger partial charge in [0.2, 0.25) is 0 Å². The predicted octanol–water partition coefficient (Wildman–Crippen LogP) is 2.23. The molecule has 1 aromatic rings. The van der Waals surface area contributed by atoms with Crippen LogP contribution in [0.1, 0.15) is 31.1 Å². The highest BCUT2D eigenvalue weighted by Crippen LogP contribution is 2.20. The van der Waals surface area contributed by atoms with Crippen LogP contribution in [0.2, 0.25) is 0 Å². The summed E-state index contributed by atoms with van der Waals surface area (Å²) < 4.78 is 13.5. The highest BCUT2D eigenvalue weighted by atomic mass is 19.1.